The maximum atomic E-state index is 11.8. The molecule has 78 valence electrons. The van der Waals surface area contributed by atoms with Crippen LogP contribution in [0.15, 0.2) is 16.9 Å². The van der Waals surface area contributed by atoms with Gasteiger partial charge in [0.2, 0.25) is 5.91 Å². The van der Waals surface area contributed by atoms with Crippen LogP contribution in [0.2, 0.25) is 0 Å². The molecule has 4 nitrogen and oxygen atoms in total. The fourth-order valence-corrected chi connectivity index (χ4v) is 2.89. The van der Waals surface area contributed by atoms with Crippen molar-refractivity contribution < 1.29 is 4.79 Å². The van der Waals surface area contributed by atoms with Crippen molar-refractivity contribution >= 4 is 33.2 Å². The first-order valence-corrected chi connectivity index (χ1v) is 5.77. The van der Waals surface area contributed by atoms with Gasteiger partial charge in [-0.1, -0.05) is 0 Å². The van der Waals surface area contributed by atoms with Crippen molar-refractivity contribution in [3.63, 3.8) is 0 Å². The summed E-state index contributed by atoms with van der Waals surface area (Å²) in [5, 5.41) is 2.90. The molecule has 1 aromatic rings. The molecule has 0 saturated carbocycles. The quantitative estimate of drug-likeness (QED) is 0.779. The van der Waals surface area contributed by atoms with Gasteiger partial charge in [-0.2, -0.15) is 0 Å². The van der Waals surface area contributed by atoms with Crippen molar-refractivity contribution in [2.75, 3.05) is 16.8 Å². The van der Waals surface area contributed by atoms with E-state index in [9.17, 15) is 4.79 Å². The number of amides is 1. The molecule has 15 heavy (non-hydrogen) atoms. The van der Waals surface area contributed by atoms with Crippen LogP contribution in [0.1, 0.15) is 12.8 Å². The van der Waals surface area contributed by atoms with E-state index < -0.39 is 0 Å². The van der Waals surface area contributed by atoms with Gasteiger partial charge in [0, 0.05) is 12.7 Å². The third-order valence-electron chi connectivity index (χ3n) is 2.97. The molecule has 1 N–H and O–H groups in total. The lowest BCUT2D eigenvalue weighted by Crippen LogP contribution is -2.44. The third kappa shape index (κ3) is 1.26. The largest absolute Gasteiger partial charge is 0.357 e. The van der Waals surface area contributed by atoms with Crippen molar-refractivity contribution in [3.8, 4) is 0 Å². The summed E-state index contributed by atoms with van der Waals surface area (Å²) < 4.78 is 0.951. The average molecular weight is 268 g/mol. The van der Waals surface area contributed by atoms with E-state index in [0.29, 0.717) is 0 Å². The highest BCUT2D eigenvalue weighted by Gasteiger charge is 2.37. The molecule has 1 aromatic heterocycles. The molecular weight excluding hydrogens is 258 g/mol. The molecule has 5 heteroatoms. The Morgan fingerprint density at radius 2 is 2.40 bits per heavy atom. The Labute approximate surface area is 95.8 Å². The van der Waals surface area contributed by atoms with Crippen molar-refractivity contribution in [2.24, 2.45) is 0 Å². The summed E-state index contributed by atoms with van der Waals surface area (Å²) in [6.45, 7) is 0.952. The first kappa shape index (κ1) is 9.15. The van der Waals surface area contributed by atoms with E-state index in [1.807, 2.05) is 0 Å². The normalized spacial score (nSPS) is 23.4. The SMILES string of the molecule is O=C1Nc2cncc(Br)c2N2CCCC12. The molecule has 1 fully saturated rings. The Kier molecular flexibility index (Phi) is 1.95. The summed E-state index contributed by atoms with van der Waals surface area (Å²) in [5.41, 5.74) is 1.89. The Balaban J connectivity index is 2.16. The molecule has 0 bridgehead atoms. The van der Waals surface area contributed by atoms with Crippen LogP contribution in [0.25, 0.3) is 0 Å². The zero-order valence-electron chi connectivity index (χ0n) is 8.03. The fraction of sp³-hybridized carbons (Fsp3) is 0.400. The Hall–Kier alpha value is -1.10. The van der Waals surface area contributed by atoms with E-state index in [-0.39, 0.29) is 11.9 Å². The number of anilines is 2. The Morgan fingerprint density at radius 1 is 1.53 bits per heavy atom. The van der Waals surface area contributed by atoms with Gasteiger partial charge in [0.1, 0.15) is 6.04 Å². The number of carbonyl (C=O) groups is 1. The highest BCUT2D eigenvalue weighted by molar-refractivity contribution is 9.10. The van der Waals surface area contributed by atoms with Crippen LogP contribution < -0.4 is 10.2 Å². The molecule has 2 aliphatic heterocycles. The number of hydrogen-bond acceptors (Lipinski definition) is 3. The number of hydrogen-bond donors (Lipinski definition) is 1. The minimum Gasteiger partial charge on any atom is -0.357 e. The summed E-state index contributed by atoms with van der Waals surface area (Å²) >= 11 is 3.48. The zero-order valence-corrected chi connectivity index (χ0v) is 9.62. The maximum Gasteiger partial charge on any atom is 0.247 e. The molecule has 1 unspecified atom stereocenters. The molecule has 3 heterocycles. The Morgan fingerprint density at radius 3 is 3.27 bits per heavy atom. The minimum absolute atomic E-state index is 0.0104. The fourth-order valence-electron chi connectivity index (χ4n) is 2.33. The first-order chi connectivity index (χ1) is 7.27. The van der Waals surface area contributed by atoms with Gasteiger partial charge >= 0.3 is 0 Å². The second kappa shape index (κ2) is 3.20. The standard InChI is InChI=1S/C10H10BrN3O/c11-6-4-12-5-7-9(6)14-3-1-2-8(14)10(15)13-7/h4-5,8H,1-3H2,(H,13,15). The summed E-state index contributed by atoms with van der Waals surface area (Å²) in [5.74, 6) is 0.0971. The van der Waals surface area contributed by atoms with Crippen LogP contribution in [-0.4, -0.2) is 23.5 Å². The predicted molar refractivity (Wildman–Crippen MR) is 60.9 cm³/mol. The molecule has 1 amide bonds. The Bertz CT molecular complexity index is 435. The van der Waals surface area contributed by atoms with Crippen LogP contribution in [0.4, 0.5) is 11.4 Å². The van der Waals surface area contributed by atoms with E-state index >= 15 is 0 Å². The monoisotopic (exact) mass is 267 g/mol. The summed E-state index contributed by atoms with van der Waals surface area (Å²) in [6.07, 6.45) is 5.49. The highest BCUT2D eigenvalue weighted by Crippen LogP contribution is 2.40. The van der Waals surface area contributed by atoms with E-state index in [1.165, 1.54) is 0 Å². The summed E-state index contributed by atoms with van der Waals surface area (Å²) in [4.78, 5) is 18.0. The van der Waals surface area contributed by atoms with Crippen LogP contribution in [0, 0.1) is 0 Å². The number of aromatic nitrogens is 1. The molecule has 0 aliphatic carbocycles. The maximum absolute atomic E-state index is 11.8. The van der Waals surface area contributed by atoms with Gasteiger partial charge in [0.05, 0.1) is 22.0 Å². The van der Waals surface area contributed by atoms with Crippen LogP contribution >= 0.6 is 15.9 Å². The minimum atomic E-state index is 0.0104. The number of halogens is 1. The van der Waals surface area contributed by atoms with E-state index in [4.69, 9.17) is 0 Å². The molecule has 0 spiro atoms. The molecule has 0 radical (unpaired) electrons. The van der Waals surface area contributed by atoms with Crippen LogP contribution in [0.3, 0.4) is 0 Å². The van der Waals surface area contributed by atoms with Crippen molar-refractivity contribution in [2.45, 2.75) is 18.9 Å². The molecular formula is C10H10BrN3O. The average Bonchev–Trinajstić information content (AvgIpc) is 2.66. The lowest BCUT2D eigenvalue weighted by atomic mass is 10.1. The number of fused-ring (bicyclic) bond motifs is 3. The van der Waals surface area contributed by atoms with E-state index in [1.54, 1.807) is 12.4 Å². The topological polar surface area (TPSA) is 45.2 Å². The van der Waals surface area contributed by atoms with E-state index in [0.717, 1.165) is 35.2 Å². The third-order valence-corrected chi connectivity index (χ3v) is 3.55. The summed E-state index contributed by atoms with van der Waals surface area (Å²) in [6, 6.07) is 0.0104. The van der Waals surface area contributed by atoms with Gasteiger partial charge in [-0.05, 0) is 28.8 Å². The second-order valence-corrected chi connectivity index (χ2v) is 4.71. The van der Waals surface area contributed by atoms with Gasteiger partial charge in [-0.25, -0.2) is 0 Å². The first-order valence-electron chi connectivity index (χ1n) is 4.98. The van der Waals surface area contributed by atoms with Gasteiger partial charge < -0.3 is 10.2 Å². The zero-order chi connectivity index (χ0) is 10.4. The van der Waals surface area contributed by atoms with Crippen molar-refractivity contribution in [3.05, 3.63) is 16.9 Å². The predicted octanol–water partition coefficient (Wildman–Crippen LogP) is 1.77. The number of nitrogens with one attached hydrogen (secondary N) is 1. The highest BCUT2D eigenvalue weighted by atomic mass is 79.9. The number of rotatable bonds is 0. The lowest BCUT2D eigenvalue weighted by molar-refractivity contribution is -0.117. The van der Waals surface area contributed by atoms with Crippen LogP contribution in [-0.2, 0) is 4.79 Å². The van der Waals surface area contributed by atoms with E-state index in [2.05, 4.69) is 31.1 Å². The molecule has 0 aromatic carbocycles. The molecule has 3 rings (SSSR count). The lowest BCUT2D eigenvalue weighted by Gasteiger charge is -2.33. The molecule has 1 atom stereocenters. The van der Waals surface area contributed by atoms with Crippen molar-refractivity contribution in [1.82, 2.24) is 4.98 Å². The summed E-state index contributed by atoms with van der Waals surface area (Å²) in [7, 11) is 0. The second-order valence-electron chi connectivity index (χ2n) is 3.86. The smallest absolute Gasteiger partial charge is 0.247 e. The van der Waals surface area contributed by atoms with Gasteiger partial charge in [-0.15, -0.1) is 0 Å². The van der Waals surface area contributed by atoms with Gasteiger partial charge in [0.15, 0.2) is 0 Å². The molecule has 1 saturated heterocycles. The van der Waals surface area contributed by atoms with Gasteiger partial charge in [0.25, 0.3) is 0 Å². The van der Waals surface area contributed by atoms with Crippen LogP contribution in [0.5, 0.6) is 0 Å². The molecule has 2 aliphatic rings. The van der Waals surface area contributed by atoms with Gasteiger partial charge in [-0.3, -0.25) is 9.78 Å². The number of pyridine rings is 1. The van der Waals surface area contributed by atoms with Crippen molar-refractivity contribution in [1.29, 1.82) is 0 Å². The number of nitrogens with zero attached hydrogens (tertiary/aromatic N) is 2. The number of carbonyl (C=O) groups excluding carboxylic acids is 1.